The van der Waals surface area contributed by atoms with Gasteiger partial charge in [-0.05, 0) is 38.1 Å². The molecule has 2 heterocycles. The standard InChI is InChI=1S/C17H19N3O5S/c1-11-17(12(2)25-19-11)26(21,22)20-15-10-23-8-7-16(15)24-14-5-3-13(9-18)4-6-14/h3-6,15-16,20H,7-8,10H2,1-2H3/t15-,16-/m1/s1. The lowest BCUT2D eigenvalue weighted by atomic mass is 10.1. The molecule has 0 bridgehead atoms. The fourth-order valence-electron chi connectivity index (χ4n) is 2.87. The molecule has 0 radical (unpaired) electrons. The summed E-state index contributed by atoms with van der Waals surface area (Å²) >= 11 is 0. The average Bonchev–Trinajstić information content (AvgIpc) is 2.96. The molecule has 0 saturated carbocycles. The Kier molecular flexibility index (Phi) is 5.27. The SMILES string of the molecule is Cc1noc(C)c1S(=O)(=O)N[C@@H]1COCC[C@H]1Oc1ccc(C#N)cc1. The van der Waals surface area contributed by atoms with Crippen LogP contribution < -0.4 is 9.46 Å². The van der Waals surface area contributed by atoms with Gasteiger partial charge in [0.25, 0.3) is 0 Å². The molecule has 0 spiro atoms. The molecule has 8 nitrogen and oxygen atoms in total. The van der Waals surface area contributed by atoms with Gasteiger partial charge >= 0.3 is 0 Å². The van der Waals surface area contributed by atoms with Crippen molar-refractivity contribution >= 4 is 10.0 Å². The normalized spacial score (nSPS) is 20.5. The molecule has 1 aliphatic rings. The third-order valence-corrected chi connectivity index (χ3v) is 5.84. The van der Waals surface area contributed by atoms with E-state index in [1.54, 1.807) is 38.1 Å². The summed E-state index contributed by atoms with van der Waals surface area (Å²) in [6, 6.07) is 8.16. The number of rotatable bonds is 5. The molecule has 1 N–H and O–H groups in total. The molecule has 1 fully saturated rings. The summed E-state index contributed by atoms with van der Waals surface area (Å²) in [4.78, 5) is 0.0418. The van der Waals surface area contributed by atoms with E-state index in [2.05, 4.69) is 9.88 Å². The molecule has 9 heteroatoms. The maximum Gasteiger partial charge on any atom is 0.246 e. The monoisotopic (exact) mass is 377 g/mol. The maximum atomic E-state index is 12.7. The first kappa shape index (κ1) is 18.4. The highest BCUT2D eigenvalue weighted by Gasteiger charge is 2.34. The first-order valence-electron chi connectivity index (χ1n) is 8.10. The van der Waals surface area contributed by atoms with Gasteiger partial charge in [-0.2, -0.15) is 5.26 Å². The molecule has 1 aromatic carbocycles. The van der Waals surface area contributed by atoms with E-state index in [1.807, 2.05) is 6.07 Å². The number of nitriles is 1. The van der Waals surface area contributed by atoms with Crippen LogP contribution in [0.25, 0.3) is 0 Å². The van der Waals surface area contributed by atoms with E-state index in [9.17, 15) is 8.42 Å². The van der Waals surface area contributed by atoms with Crippen LogP contribution in [0.5, 0.6) is 5.75 Å². The van der Waals surface area contributed by atoms with E-state index in [4.69, 9.17) is 19.3 Å². The van der Waals surface area contributed by atoms with Gasteiger partial charge in [0.1, 0.15) is 22.4 Å². The number of nitrogens with one attached hydrogen (secondary N) is 1. The van der Waals surface area contributed by atoms with Crippen molar-refractivity contribution in [2.45, 2.75) is 37.3 Å². The van der Waals surface area contributed by atoms with E-state index in [-0.39, 0.29) is 17.3 Å². The zero-order valence-electron chi connectivity index (χ0n) is 14.4. The van der Waals surface area contributed by atoms with Gasteiger partial charge in [-0.15, -0.1) is 0 Å². The third-order valence-electron chi connectivity index (χ3n) is 4.11. The van der Waals surface area contributed by atoms with Gasteiger partial charge in [0.15, 0.2) is 5.76 Å². The van der Waals surface area contributed by atoms with Gasteiger partial charge in [-0.3, -0.25) is 0 Å². The highest BCUT2D eigenvalue weighted by molar-refractivity contribution is 7.89. The van der Waals surface area contributed by atoms with Crippen molar-refractivity contribution in [3.63, 3.8) is 0 Å². The van der Waals surface area contributed by atoms with Gasteiger partial charge in [-0.25, -0.2) is 13.1 Å². The van der Waals surface area contributed by atoms with Crippen LogP contribution in [0.3, 0.4) is 0 Å². The second-order valence-electron chi connectivity index (χ2n) is 6.04. The molecule has 26 heavy (non-hydrogen) atoms. The first-order valence-corrected chi connectivity index (χ1v) is 9.59. The van der Waals surface area contributed by atoms with Gasteiger partial charge < -0.3 is 14.0 Å². The Labute approximate surface area is 151 Å². The predicted molar refractivity (Wildman–Crippen MR) is 91.1 cm³/mol. The molecular weight excluding hydrogens is 358 g/mol. The van der Waals surface area contributed by atoms with Crippen LogP contribution in [0.4, 0.5) is 0 Å². The van der Waals surface area contributed by atoms with E-state index in [1.165, 1.54) is 0 Å². The first-order chi connectivity index (χ1) is 12.4. The van der Waals surface area contributed by atoms with Gasteiger partial charge in [0, 0.05) is 6.42 Å². The van der Waals surface area contributed by atoms with E-state index < -0.39 is 22.2 Å². The minimum absolute atomic E-state index is 0.0418. The van der Waals surface area contributed by atoms with Gasteiger partial charge in [0.2, 0.25) is 10.0 Å². The lowest BCUT2D eigenvalue weighted by molar-refractivity contribution is 0.00320. The Hall–Kier alpha value is -2.41. The van der Waals surface area contributed by atoms with Crippen molar-refractivity contribution in [2.75, 3.05) is 13.2 Å². The van der Waals surface area contributed by atoms with Crippen LogP contribution in [-0.4, -0.2) is 38.9 Å². The lowest BCUT2D eigenvalue weighted by Crippen LogP contribution is -2.51. The van der Waals surface area contributed by atoms with E-state index in [0.717, 1.165) is 0 Å². The topological polar surface area (TPSA) is 114 Å². The molecule has 1 saturated heterocycles. The Balaban J connectivity index is 1.77. The number of aromatic nitrogens is 1. The number of benzene rings is 1. The van der Waals surface area contributed by atoms with Crippen molar-refractivity contribution in [2.24, 2.45) is 0 Å². The smallest absolute Gasteiger partial charge is 0.246 e. The molecule has 0 amide bonds. The Morgan fingerprint density at radius 1 is 1.31 bits per heavy atom. The molecular formula is C17H19N3O5S. The largest absolute Gasteiger partial charge is 0.489 e. The minimum atomic E-state index is -3.82. The number of nitrogens with zero attached hydrogens (tertiary/aromatic N) is 2. The van der Waals surface area contributed by atoms with E-state index in [0.29, 0.717) is 30.0 Å². The highest BCUT2D eigenvalue weighted by atomic mass is 32.2. The van der Waals surface area contributed by atoms with Crippen molar-refractivity contribution in [3.8, 4) is 11.8 Å². The fraction of sp³-hybridized carbons (Fsp3) is 0.412. The second-order valence-corrected chi connectivity index (χ2v) is 7.69. The van der Waals surface area contributed by atoms with Gasteiger partial charge in [0.05, 0.1) is 30.9 Å². The predicted octanol–water partition coefficient (Wildman–Crippen LogP) is 1.68. The Morgan fingerprint density at radius 2 is 2.04 bits per heavy atom. The van der Waals surface area contributed by atoms with Crippen LogP contribution in [0.15, 0.2) is 33.7 Å². The summed E-state index contributed by atoms with van der Waals surface area (Å²) in [5.41, 5.74) is 0.830. The summed E-state index contributed by atoms with van der Waals surface area (Å²) in [5, 5.41) is 12.6. The molecule has 0 unspecified atom stereocenters. The molecule has 138 valence electrons. The second kappa shape index (κ2) is 7.45. The number of aryl methyl sites for hydroxylation is 2. The number of ether oxygens (including phenoxy) is 2. The van der Waals surface area contributed by atoms with Gasteiger partial charge in [-0.1, -0.05) is 5.16 Å². The zero-order valence-corrected chi connectivity index (χ0v) is 15.2. The minimum Gasteiger partial charge on any atom is -0.489 e. The quantitative estimate of drug-likeness (QED) is 0.843. The Morgan fingerprint density at radius 3 is 2.65 bits per heavy atom. The average molecular weight is 377 g/mol. The summed E-state index contributed by atoms with van der Waals surface area (Å²) in [6.45, 7) is 3.80. The van der Waals surface area contributed by atoms with Crippen LogP contribution in [0.1, 0.15) is 23.4 Å². The number of hydrogen-bond acceptors (Lipinski definition) is 7. The zero-order chi connectivity index (χ0) is 18.7. The summed E-state index contributed by atoms with van der Waals surface area (Å²) < 4.78 is 44.4. The molecule has 2 aromatic rings. The molecule has 1 aliphatic heterocycles. The van der Waals surface area contributed by atoms with Crippen LogP contribution >= 0.6 is 0 Å². The van der Waals surface area contributed by atoms with Crippen molar-refractivity contribution < 1.29 is 22.4 Å². The molecule has 0 aliphatic carbocycles. The molecule has 1 aromatic heterocycles. The van der Waals surface area contributed by atoms with Crippen molar-refractivity contribution in [3.05, 3.63) is 41.3 Å². The molecule has 2 atom stereocenters. The summed E-state index contributed by atoms with van der Waals surface area (Å²) in [5.74, 6) is 0.800. The maximum absolute atomic E-state index is 12.7. The third kappa shape index (κ3) is 3.88. The highest BCUT2D eigenvalue weighted by Crippen LogP contribution is 2.23. The summed E-state index contributed by atoms with van der Waals surface area (Å²) in [6.07, 6.45) is 0.140. The number of hydrogen-bond donors (Lipinski definition) is 1. The van der Waals surface area contributed by atoms with Crippen LogP contribution in [-0.2, 0) is 14.8 Å². The van der Waals surface area contributed by atoms with Crippen LogP contribution in [0.2, 0.25) is 0 Å². The Bertz CT molecular complexity index is 895. The van der Waals surface area contributed by atoms with Crippen LogP contribution in [0, 0.1) is 25.2 Å². The van der Waals surface area contributed by atoms with Crippen molar-refractivity contribution in [1.29, 1.82) is 5.26 Å². The number of sulfonamides is 1. The summed E-state index contributed by atoms with van der Waals surface area (Å²) in [7, 11) is -3.82. The van der Waals surface area contributed by atoms with E-state index >= 15 is 0 Å². The van der Waals surface area contributed by atoms with Crippen molar-refractivity contribution in [1.82, 2.24) is 9.88 Å². The fourth-order valence-corrected chi connectivity index (χ4v) is 4.45. The molecule has 3 rings (SSSR count). The lowest BCUT2D eigenvalue weighted by Gasteiger charge is -2.32.